The van der Waals surface area contributed by atoms with E-state index in [-0.39, 0.29) is 17.4 Å². The number of nitrogens with zero attached hydrogens (tertiary/aromatic N) is 1. The van der Waals surface area contributed by atoms with Gasteiger partial charge in [0.25, 0.3) is 0 Å². The van der Waals surface area contributed by atoms with Crippen LogP contribution in [0, 0.1) is 0 Å². The molecule has 1 amide bonds. The minimum atomic E-state index is -0.0229. The second kappa shape index (κ2) is 5.09. The van der Waals surface area contributed by atoms with Gasteiger partial charge in [-0.05, 0) is 18.9 Å². The van der Waals surface area contributed by atoms with Gasteiger partial charge in [0.1, 0.15) is 4.99 Å². The maximum absolute atomic E-state index is 11.5. The van der Waals surface area contributed by atoms with Crippen LogP contribution in [0.5, 0.6) is 0 Å². The Hall–Kier alpha value is -1.69. The Labute approximate surface area is 105 Å². The molecule has 5 nitrogen and oxygen atoms in total. The van der Waals surface area contributed by atoms with Gasteiger partial charge < -0.3 is 16.4 Å². The lowest BCUT2D eigenvalue weighted by Crippen LogP contribution is -2.31. The van der Waals surface area contributed by atoms with Crippen molar-refractivity contribution in [3.05, 3.63) is 24.0 Å². The number of carbonyl (C=O) groups is 1. The van der Waals surface area contributed by atoms with Crippen molar-refractivity contribution in [3.8, 4) is 0 Å². The van der Waals surface area contributed by atoms with Crippen molar-refractivity contribution in [2.75, 3.05) is 11.9 Å². The highest BCUT2D eigenvalue weighted by atomic mass is 32.1. The second-order valence-corrected chi connectivity index (χ2v) is 4.42. The van der Waals surface area contributed by atoms with Gasteiger partial charge in [0, 0.05) is 17.8 Å². The molecule has 1 saturated carbocycles. The predicted molar refractivity (Wildman–Crippen MR) is 69.8 cm³/mol. The number of carbonyl (C=O) groups excluding carboxylic acids is 1. The van der Waals surface area contributed by atoms with Crippen molar-refractivity contribution in [1.29, 1.82) is 0 Å². The molecule has 1 aromatic heterocycles. The monoisotopic (exact) mass is 250 g/mol. The van der Waals surface area contributed by atoms with Crippen LogP contribution in [-0.4, -0.2) is 28.5 Å². The zero-order chi connectivity index (χ0) is 12.3. The summed E-state index contributed by atoms with van der Waals surface area (Å²) in [5, 5.41) is 5.87. The van der Waals surface area contributed by atoms with E-state index in [0.29, 0.717) is 17.3 Å². The van der Waals surface area contributed by atoms with Crippen LogP contribution in [0.15, 0.2) is 18.5 Å². The molecular formula is C11H14N4OS. The Morgan fingerprint density at radius 3 is 3.00 bits per heavy atom. The number of nitrogens with two attached hydrogens (primary N) is 1. The lowest BCUT2D eigenvalue weighted by molar-refractivity contribution is -0.119. The average molecular weight is 250 g/mol. The molecule has 4 N–H and O–H groups in total. The van der Waals surface area contributed by atoms with Crippen LogP contribution in [0.4, 0.5) is 5.69 Å². The van der Waals surface area contributed by atoms with E-state index in [1.165, 1.54) is 0 Å². The fourth-order valence-corrected chi connectivity index (χ4v) is 1.61. The van der Waals surface area contributed by atoms with Gasteiger partial charge in [-0.15, -0.1) is 0 Å². The summed E-state index contributed by atoms with van der Waals surface area (Å²) in [6.07, 6.45) is 5.39. The van der Waals surface area contributed by atoms with Gasteiger partial charge in [-0.1, -0.05) is 12.2 Å². The normalized spacial score (nSPS) is 14.1. The SMILES string of the molecule is NC(=S)c1ccncc1NCC(=O)NC1CC1. The van der Waals surface area contributed by atoms with Crippen LogP contribution < -0.4 is 16.4 Å². The Morgan fingerprint density at radius 1 is 1.59 bits per heavy atom. The third kappa shape index (κ3) is 3.39. The van der Waals surface area contributed by atoms with Gasteiger partial charge in [-0.2, -0.15) is 0 Å². The quantitative estimate of drug-likeness (QED) is 0.659. The van der Waals surface area contributed by atoms with Gasteiger partial charge in [0.05, 0.1) is 18.4 Å². The highest BCUT2D eigenvalue weighted by Crippen LogP contribution is 2.18. The fraction of sp³-hybridized carbons (Fsp3) is 0.364. The van der Waals surface area contributed by atoms with E-state index < -0.39 is 0 Å². The molecule has 0 atom stereocenters. The predicted octanol–water partition coefficient (Wildman–Crippen LogP) is 0.406. The Morgan fingerprint density at radius 2 is 2.35 bits per heavy atom. The van der Waals surface area contributed by atoms with Gasteiger partial charge in [0.2, 0.25) is 5.91 Å². The average Bonchev–Trinajstić information content (AvgIpc) is 3.10. The highest BCUT2D eigenvalue weighted by molar-refractivity contribution is 7.80. The van der Waals surface area contributed by atoms with Crippen LogP contribution in [0.25, 0.3) is 0 Å². The molecule has 0 aliphatic heterocycles. The van der Waals surface area contributed by atoms with Crippen LogP contribution in [0.2, 0.25) is 0 Å². The van der Waals surface area contributed by atoms with E-state index in [1.54, 1.807) is 18.5 Å². The molecule has 1 aliphatic carbocycles. The van der Waals surface area contributed by atoms with E-state index >= 15 is 0 Å². The molecule has 0 saturated heterocycles. The first-order valence-electron chi connectivity index (χ1n) is 5.44. The summed E-state index contributed by atoms with van der Waals surface area (Å²) in [6.45, 7) is 0.206. The second-order valence-electron chi connectivity index (χ2n) is 3.98. The number of rotatable bonds is 5. The van der Waals surface area contributed by atoms with Crippen LogP contribution in [0.3, 0.4) is 0 Å². The number of anilines is 1. The highest BCUT2D eigenvalue weighted by Gasteiger charge is 2.22. The number of amides is 1. The number of hydrogen-bond acceptors (Lipinski definition) is 4. The summed E-state index contributed by atoms with van der Waals surface area (Å²) in [6, 6.07) is 2.09. The van der Waals surface area contributed by atoms with Gasteiger partial charge in [-0.3, -0.25) is 9.78 Å². The largest absolute Gasteiger partial charge is 0.389 e. The third-order valence-electron chi connectivity index (χ3n) is 2.47. The molecule has 1 aromatic rings. The Bertz CT molecular complexity index is 445. The smallest absolute Gasteiger partial charge is 0.239 e. The molecule has 0 radical (unpaired) electrons. The summed E-state index contributed by atoms with van der Waals surface area (Å²) in [4.78, 5) is 15.7. The van der Waals surface area contributed by atoms with E-state index in [1.807, 2.05) is 0 Å². The van der Waals surface area contributed by atoms with Crippen LogP contribution >= 0.6 is 12.2 Å². The number of aromatic nitrogens is 1. The topological polar surface area (TPSA) is 80.0 Å². The first-order valence-corrected chi connectivity index (χ1v) is 5.84. The molecular weight excluding hydrogens is 236 g/mol. The maximum atomic E-state index is 11.5. The summed E-state index contributed by atoms with van der Waals surface area (Å²) >= 11 is 4.92. The molecule has 0 unspecified atom stereocenters. The standard InChI is InChI=1S/C11H14N4OS/c12-11(17)8-3-4-13-5-9(8)14-6-10(16)15-7-1-2-7/h3-5,7,14H,1-2,6H2,(H2,12,17)(H,15,16). The minimum absolute atomic E-state index is 0.0229. The summed E-state index contributed by atoms with van der Waals surface area (Å²) in [5.74, 6) is -0.0229. The first-order chi connectivity index (χ1) is 8.16. The van der Waals surface area contributed by atoms with E-state index in [4.69, 9.17) is 18.0 Å². The van der Waals surface area contributed by atoms with Crippen molar-refractivity contribution in [3.63, 3.8) is 0 Å². The fourth-order valence-electron chi connectivity index (χ4n) is 1.43. The van der Waals surface area contributed by atoms with Crippen molar-refractivity contribution in [2.24, 2.45) is 5.73 Å². The van der Waals surface area contributed by atoms with Crippen molar-refractivity contribution in [1.82, 2.24) is 10.3 Å². The van der Waals surface area contributed by atoms with Crippen molar-refractivity contribution < 1.29 is 4.79 Å². The Kier molecular flexibility index (Phi) is 3.53. The number of nitrogens with one attached hydrogen (secondary N) is 2. The molecule has 1 fully saturated rings. The van der Waals surface area contributed by atoms with Gasteiger partial charge in [0.15, 0.2) is 0 Å². The molecule has 2 rings (SSSR count). The van der Waals surface area contributed by atoms with Gasteiger partial charge >= 0.3 is 0 Å². The van der Waals surface area contributed by atoms with Crippen molar-refractivity contribution in [2.45, 2.75) is 18.9 Å². The molecule has 1 aliphatic rings. The number of hydrogen-bond donors (Lipinski definition) is 3. The Balaban J connectivity index is 1.93. The number of thiocarbonyl (C=S) groups is 1. The molecule has 0 bridgehead atoms. The van der Waals surface area contributed by atoms with Crippen LogP contribution in [0.1, 0.15) is 18.4 Å². The van der Waals surface area contributed by atoms with Gasteiger partial charge in [-0.25, -0.2) is 0 Å². The lowest BCUT2D eigenvalue weighted by Gasteiger charge is -2.10. The van der Waals surface area contributed by atoms with E-state index in [0.717, 1.165) is 12.8 Å². The maximum Gasteiger partial charge on any atom is 0.239 e. The van der Waals surface area contributed by atoms with Crippen LogP contribution in [-0.2, 0) is 4.79 Å². The minimum Gasteiger partial charge on any atom is -0.389 e. The lowest BCUT2D eigenvalue weighted by atomic mass is 10.2. The molecule has 17 heavy (non-hydrogen) atoms. The van der Waals surface area contributed by atoms with Crippen molar-refractivity contribution >= 4 is 28.8 Å². The summed E-state index contributed by atoms with van der Waals surface area (Å²) < 4.78 is 0. The molecule has 0 aromatic carbocycles. The first kappa shape index (κ1) is 11.8. The molecule has 6 heteroatoms. The molecule has 1 heterocycles. The summed E-state index contributed by atoms with van der Waals surface area (Å²) in [7, 11) is 0. The van der Waals surface area contributed by atoms with E-state index in [9.17, 15) is 4.79 Å². The molecule has 0 spiro atoms. The third-order valence-corrected chi connectivity index (χ3v) is 2.69. The molecule has 90 valence electrons. The zero-order valence-electron chi connectivity index (χ0n) is 9.27. The number of pyridine rings is 1. The zero-order valence-corrected chi connectivity index (χ0v) is 10.1. The van der Waals surface area contributed by atoms with E-state index in [2.05, 4.69) is 15.6 Å². The summed E-state index contributed by atoms with van der Waals surface area (Å²) in [5.41, 5.74) is 6.96.